The van der Waals surface area contributed by atoms with Crippen LogP contribution in [0.5, 0.6) is 0 Å². The number of hydrogen-bond donors (Lipinski definition) is 1. The summed E-state index contributed by atoms with van der Waals surface area (Å²) in [6.07, 6.45) is 5.78. The predicted molar refractivity (Wildman–Crippen MR) is 95.9 cm³/mol. The highest BCUT2D eigenvalue weighted by Crippen LogP contribution is 2.20. The van der Waals surface area contributed by atoms with Gasteiger partial charge < -0.3 is 14.8 Å². The van der Waals surface area contributed by atoms with Gasteiger partial charge in [0, 0.05) is 32.7 Å². The molecule has 132 valence electrons. The van der Waals surface area contributed by atoms with Crippen molar-refractivity contribution >= 4 is 5.96 Å². The Balaban J connectivity index is 1.65. The van der Waals surface area contributed by atoms with Gasteiger partial charge in [-0.1, -0.05) is 6.08 Å². The van der Waals surface area contributed by atoms with Gasteiger partial charge in [0.05, 0.1) is 0 Å². The highest BCUT2D eigenvalue weighted by atomic mass is 15.4. The largest absolute Gasteiger partial charge is 0.353 e. The molecule has 2 aliphatic rings. The molecule has 2 aliphatic heterocycles. The van der Waals surface area contributed by atoms with E-state index >= 15 is 0 Å². The van der Waals surface area contributed by atoms with E-state index in [4.69, 9.17) is 4.99 Å². The first-order valence-electron chi connectivity index (χ1n) is 8.92. The monoisotopic (exact) mass is 331 g/mol. The number of aliphatic imine (C=N–C) groups is 1. The third-order valence-corrected chi connectivity index (χ3v) is 5.08. The van der Waals surface area contributed by atoms with Gasteiger partial charge in [-0.05, 0) is 39.3 Å². The predicted octanol–water partition coefficient (Wildman–Crippen LogP) is 0.925. The van der Waals surface area contributed by atoms with Crippen molar-refractivity contribution in [1.29, 1.82) is 0 Å². The maximum absolute atomic E-state index is 4.79. The summed E-state index contributed by atoms with van der Waals surface area (Å²) >= 11 is 0. The van der Waals surface area contributed by atoms with Crippen molar-refractivity contribution < 1.29 is 0 Å². The lowest BCUT2D eigenvalue weighted by molar-refractivity contribution is 0.249. The number of guanidine groups is 1. The molecule has 0 aromatic carbocycles. The third kappa shape index (κ3) is 3.77. The summed E-state index contributed by atoms with van der Waals surface area (Å²) in [6, 6.07) is 0.667. The van der Waals surface area contributed by atoms with Crippen LogP contribution in [0.4, 0.5) is 0 Å². The SMILES string of the molecule is C=CCNC(=NCc1nnc(C)n1C)N1CCC(N2CCCC2)C1. The summed E-state index contributed by atoms with van der Waals surface area (Å²) in [5, 5.41) is 11.7. The fourth-order valence-electron chi connectivity index (χ4n) is 3.50. The molecule has 2 fully saturated rings. The minimum Gasteiger partial charge on any atom is -0.353 e. The summed E-state index contributed by atoms with van der Waals surface area (Å²) in [4.78, 5) is 9.80. The molecular weight excluding hydrogens is 302 g/mol. The Hall–Kier alpha value is -1.89. The van der Waals surface area contributed by atoms with Gasteiger partial charge in [-0.2, -0.15) is 0 Å². The summed E-state index contributed by atoms with van der Waals surface area (Å²) < 4.78 is 1.99. The first-order valence-corrected chi connectivity index (χ1v) is 8.92. The van der Waals surface area contributed by atoms with Gasteiger partial charge in [-0.15, -0.1) is 16.8 Å². The van der Waals surface area contributed by atoms with Crippen LogP contribution in [0.25, 0.3) is 0 Å². The van der Waals surface area contributed by atoms with Gasteiger partial charge in [0.2, 0.25) is 0 Å². The van der Waals surface area contributed by atoms with Crippen LogP contribution >= 0.6 is 0 Å². The van der Waals surface area contributed by atoms with Crippen molar-refractivity contribution in [3.63, 3.8) is 0 Å². The number of nitrogens with zero attached hydrogens (tertiary/aromatic N) is 6. The zero-order valence-corrected chi connectivity index (χ0v) is 14.9. The van der Waals surface area contributed by atoms with Gasteiger partial charge >= 0.3 is 0 Å². The maximum Gasteiger partial charge on any atom is 0.194 e. The van der Waals surface area contributed by atoms with E-state index in [0.29, 0.717) is 12.6 Å². The molecule has 1 aromatic rings. The smallest absolute Gasteiger partial charge is 0.194 e. The molecule has 1 atom stereocenters. The van der Waals surface area contributed by atoms with E-state index in [-0.39, 0.29) is 0 Å². The van der Waals surface area contributed by atoms with Gasteiger partial charge in [0.1, 0.15) is 12.4 Å². The van der Waals surface area contributed by atoms with Crippen LogP contribution in [-0.4, -0.2) is 69.3 Å². The lowest BCUT2D eigenvalue weighted by Crippen LogP contribution is -2.42. The van der Waals surface area contributed by atoms with Gasteiger partial charge in [-0.3, -0.25) is 4.90 Å². The molecule has 0 aliphatic carbocycles. The molecule has 7 nitrogen and oxygen atoms in total. The van der Waals surface area contributed by atoms with Crippen molar-refractivity contribution in [2.24, 2.45) is 12.0 Å². The molecule has 7 heteroatoms. The van der Waals surface area contributed by atoms with E-state index < -0.39 is 0 Å². The van der Waals surface area contributed by atoms with Crippen molar-refractivity contribution in [3.05, 3.63) is 24.3 Å². The Labute approximate surface area is 144 Å². The molecule has 0 radical (unpaired) electrons. The minimum absolute atomic E-state index is 0.543. The van der Waals surface area contributed by atoms with E-state index in [0.717, 1.165) is 37.2 Å². The normalized spacial score (nSPS) is 22.3. The van der Waals surface area contributed by atoms with Crippen LogP contribution in [0, 0.1) is 6.92 Å². The fraction of sp³-hybridized carbons (Fsp3) is 0.706. The fourth-order valence-corrected chi connectivity index (χ4v) is 3.50. The molecule has 3 heterocycles. The summed E-state index contributed by atoms with van der Waals surface area (Å²) in [5.74, 6) is 2.76. The molecule has 0 spiro atoms. The van der Waals surface area contributed by atoms with E-state index in [1.807, 2.05) is 24.6 Å². The van der Waals surface area contributed by atoms with Crippen LogP contribution in [0.15, 0.2) is 17.6 Å². The van der Waals surface area contributed by atoms with Crippen LogP contribution in [0.2, 0.25) is 0 Å². The minimum atomic E-state index is 0.543. The molecule has 1 unspecified atom stereocenters. The van der Waals surface area contributed by atoms with Crippen LogP contribution in [-0.2, 0) is 13.6 Å². The van der Waals surface area contributed by atoms with Gasteiger partial charge in [-0.25, -0.2) is 4.99 Å². The van der Waals surface area contributed by atoms with Crippen LogP contribution in [0.1, 0.15) is 30.9 Å². The maximum atomic E-state index is 4.79. The molecule has 2 saturated heterocycles. The number of likely N-dealkylation sites (tertiary alicyclic amines) is 2. The summed E-state index contributed by atoms with van der Waals surface area (Å²) in [7, 11) is 1.98. The Morgan fingerprint density at radius 3 is 2.79 bits per heavy atom. The average molecular weight is 331 g/mol. The second-order valence-electron chi connectivity index (χ2n) is 6.66. The first-order chi connectivity index (χ1) is 11.7. The zero-order valence-electron chi connectivity index (χ0n) is 14.9. The number of nitrogens with one attached hydrogen (secondary N) is 1. The third-order valence-electron chi connectivity index (χ3n) is 5.08. The summed E-state index contributed by atoms with van der Waals surface area (Å²) in [6.45, 7) is 11.6. The topological polar surface area (TPSA) is 61.6 Å². The second-order valence-corrected chi connectivity index (χ2v) is 6.66. The van der Waals surface area contributed by atoms with E-state index in [1.54, 1.807) is 0 Å². The van der Waals surface area contributed by atoms with Crippen molar-refractivity contribution in [2.45, 2.75) is 38.8 Å². The zero-order chi connectivity index (χ0) is 16.9. The standard InChI is InChI=1S/C17H29N7/c1-4-8-18-17(19-12-16-21-20-14(2)22(16)3)24-11-7-15(13-24)23-9-5-6-10-23/h4,15H,1,5-13H2,2-3H3,(H,18,19). The van der Waals surface area contributed by atoms with Gasteiger partial charge in [0.25, 0.3) is 0 Å². The van der Waals surface area contributed by atoms with Crippen LogP contribution < -0.4 is 5.32 Å². The number of aryl methyl sites for hydroxylation is 1. The molecule has 0 bridgehead atoms. The van der Waals surface area contributed by atoms with Crippen molar-refractivity contribution in [3.8, 4) is 0 Å². The molecule has 1 aromatic heterocycles. The highest BCUT2D eigenvalue weighted by Gasteiger charge is 2.30. The van der Waals surface area contributed by atoms with Crippen molar-refractivity contribution in [2.75, 3.05) is 32.7 Å². The number of rotatable bonds is 5. The lowest BCUT2D eigenvalue weighted by Gasteiger charge is -2.25. The van der Waals surface area contributed by atoms with Gasteiger partial charge in [0.15, 0.2) is 11.8 Å². The first kappa shape index (κ1) is 17.0. The summed E-state index contributed by atoms with van der Waals surface area (Å²) in [5.41, 5.74) is 0. The van der Waals surface area contributed by atoms with E-state index in [2.05, 4.69) is 31.9 Å². The molecule has 3 rings (SSSR count). The second kappa shape index (κ2) is 7.79. The molecule has 24 heavy (non-hydrogen) atoms. The lowest BCUT2D eigenvalue weighted by atomic mass is 10.2. The Bertz CT molecular complexity index is 586. The Morgan fingerprint density at radius 1 is 1.33 bits per heavy atom. The Kier molecular flexibility index (Phi) is 5.50. The highest BCUT2D eigenvalue weighted by molar-refractivity contribution is 5.80. The van der Waals surface area contributed by atoms with Crippen molar-refractivity contribution in [1.82, 2.24) is 29.9 Å². The number of aromatic nitrogens is 3. The quantitative estimate of drug-likeness (QED) is 0.494. The van der Waals surface area contributed by atoms with E-state index in [9.17, 15) is 0 Å². The number of hydrogen-bond acceptors (Lipinski definition) is 4. The molecular formula is C17H29N7. The van der Waals surface area contributed by atoms with E-state index in [1.165, 1.54) is 32.4 Å². The Morgan fingerprint density at radius 2 is 2.12 bits per heavy atom. The molecule has 0 amide bonds. The van der Waals surface area contributed by atoms with Crippen LogP contribution in [0.3, 0.4) is 0 Å². The average Bonchev–Trinajstić information content (AvgIpc) is 3.31. The molecule has 0 saturated carbocycles. The molecule has 1 N–H and O–H groups in total.